The van der Waals surface area contributed by atoms with Crippen LogP contribution in [0.25, 0.3) is 5.65 Å². The predicted octanol–water partition coefficient (Wildman–Crippen LogP) is 3.21. The first-order chi connectivity index (χ1) is 12.7. The van der Waals surface area contributed by atoms with Crippen LogP contribution < -0.4 is 5.32 Å². The second-order valence-electron chi connectivity index (χ2n) is 7.21. The van der Waals surface area contributed by atoms with Gasteiger partial charge in [0.1, 0.15) is 5.82 Å². The molecule has 1 fully saturated rings. The van der Waals surface area contributed by atoms with Crippen LogP contribution in [0.15, 0.2) is 48.7 Å². The van der Waals surface area contributed by atoms with Crippen molar-refractivity contribution in [1.82, 2.24) is 19.9 Å². The smallest absolute Gasteiger partial charge is 0.230 e. The molecule has 26 heavy (non-hydrogen) atoms. The summed E-state index contributed by atoms with van der Waals surface area (Å²) in [4.78, 5) is 13.1. The fraction of sp³-hybridized carbons (Fsp3) is 0.381. The Labute approximate surface area is 153 Å². The lowest BCUT2D eigenvalue weighted by molar-refractivity contribution is -0.126. The van der Waals surface area contributed by atoms with E-state index in [4.69, 9.17) is 0 Å². The van der Waals surface area contributed by atoms with Gasteiger partial charge in [0.15, 0.2) is 5.65 Å². The van der Waals surface area contributed by atoms with Crippen LogP contribution in [0.1, 0.15) is 42.6 Å². The van der Waals surface area contributed by atoms with Gasteiger partial charge in [-0.25, -0.2) is 0 Å². The van der Waals surface area contributed by atoms with Gasteiger partial charge < -0.3 is 5.32 Å². The van der Waals surface area contributed by atoms with Gasteiger partial charge in [0.25, 0.3) is 0 Å². The molecule has 1 N–H and O–H groups in total. The van der Waals surface area contributed by atoms with Gasteiger partial charge in [0, 0.05) is 19.2 Å². The number of benzene rings is 1. The Balaban J connectivity index is 1.47. The van der Waals surface area contributed by atoms with Crippen molar-refractivity contribution in [2.45, 2.75) is 44.4 Å². The van der Waals surface area contributed by atoms with E-state index in [-0.39, 0.29) is 11.3 Å². The molecule has 134 valence electrons. The number of rotatable bonds is 5. The molecule has 1 aliphatic carbocycles. The van der Waals surface area contributed by atoms with Gasteiger partial charge in [-0.15, -0.1) is 10.2 Å². The minimum atomic E-state index is -0.376. The molecule has 1 aliphatic rings. The third kappa shape index (κ3) is 2.98. The number of nitrogens with one attached hydrogen (secondary N) is 1. The Morgan fingerprint density at radius 1 is 1.15 bits per heavy atom. The van der Waals surface area contributed by atoms with E-state index in [1.807, 2.05) is 28.8 Å². The molecule has 1 saturated carbocycles. The number of hydrogen-bond donors (Lipinski definition) is 1. The molecule has 5 heteroatoms. The Morgan fingerprint density at radius 3 is 2.81 bits per heavy atom. The highest BCUT2D eigenvalue weighted by Crippen LogP contribution is 2.41. The van der Waals surface area contributed by atoms with Crippen molar-refractivity contribution in [2.24, 2.45) is 0 Å². The maximum absolute atomic E-state index is 13.1. The van der Waals surface area contributed by atoms with Gasteiger partial charge in [0.2, 0.25) is 5.91 Å². The lowest BCUT2D eigenvalue weighted by atomic mass is 9.77. The zero-order valence-corrected chi connectivity index (χ0v) is 15.1. The summed E-state index contributed by atoms with van der Waals surface area (Å²) in [7, 11) is 0. The number of aryl methyl sites for hydroxylation is 1. The van der Waals surface area contributed by atoms with Crippen molar-refractivity contribution < 1.29 is 4.79 Å². The molecular formula is C21H24N4O. The molecule has 1 amide bonds. The number of nitrogens with zero attached hydrogens (tertiary/aromatic N) is 3. The summed E-state index contributed by atoms with van der Waals surface area (Å²) in [6.07, 6.45) is 6.69. The molecule has 0 atom stereocenters. The highest BCUT2D eigenvalue weighted by atomic mass is 16.2. The van der Waals surface area contributed by atoms with Crippen LogP contribution in [-0.2, 0) is 16.6 Å². The summed E-state index contributed by atoms with van der Waals surface area (Å²) in [6.45, 7) is 2.66. The van der Waals surface area contributed by atoms with Crippen LogP contribution in [0.3, 0.4) is 0 Å². The SMILES string of the molecule is Cc1cccc(C2(C(=O)NCCc3nnc4ccccn34)CCCC2)c1. The first-order valence-electron chi connectivity index (χ1n) is 9.33. The summed E-state index contributed by atoms with van der Waals surface area (Å²) in [5.74, 6) is 1.02. The molecule has 0 aliphatic heterocycles. The van der Waals surface area contributed by atoms with Gasteiger partial charge in [0.05, 0.1) is 5.41 Å². The molecule has 0 bridgehead atoms. The van der Waals surface area contributed by atoms with E-state index in [1.165, 1.54) is 5.56 Å². The van der Waals surface area contributed by atoms with E-state index in [2.05, 4.69) is 46.7 Å². The highest BCUT2D eigenvalue weighted by Gasteiger charge is 2.42. The van der Waals surface area contributed by atoms with Gasteiger partial charge in [-0.1, -0.05) is 48.7 Å². The summed E-state index contributed by atoms with van der Waals surface area (Å²) < 4.78 is 1.97. The van der Waals surface area contributed by atoms with Crippen LogP contribution in [0, 0.1) is 6.92 Å². The van der Waals surface area contributed by atoms with Crippen LogP contribution in [-0.4, -0.2) is 27.0 Å². The maximum Gasteiger partial charge on any atom is 0.230 e. The molecule has 0 saturated heterocycles. The standard InChI is InChI=1S/C21H24N4O/c1-16-7-6-8-17(15-16)21(11-3-4-12-21)20(26)22-13-10-19-24-23-18-9-2-5-14-25(18)19/h2,5-9,14-15H,3-4,10-13H2,1H3,(H,22,26). The molecule has 0 radical (unpaired) electrons. The Morgan fingerprint density at radius 2 is 2.00 bits per heavy atom. The van der Waals surface area contributed by atoms with Gasteiger partial charge in [-0.3, -0.25) is 9.20 Å². The first kappa shape index (κ1) is 16.8. The quantitative estimate of drug-likeness (QED) is 0.770. The summed E-state index contributed by atoms with van der Waals surface area (Å²) in [5.41, 5.74) is 2.82. The van der Waals surface area contributed by atoms with Crippen LogP contribution in [0.2, 0.25) is 0 Å². The number of hydrogen-bond acceptors (Lipinski definition) is 3. The molecule has 1 aromatic carbocycles. The Hall–Kier alpha value is -2.69. The molecular weight excluding hydrogens is 324 g/mol. The van der Waals surface area contributed by atoms with Crippen molar-refractivity contribution in [1.29, 1.82) is 0 Å². The second kappa shape index (κ2) is 6.90. The van der Waals surface area contributed by atoms with E-state index in [9.17, 15) is 4.79 Å². The molecule has 3 aromatic rings. The van der Waals surface area contributed by atoms with Crippen molar-refractivity contribution >= 4 is 11.6 Å². The summed E-state index contributed by atoms with van der Waals surface area (Å²) in [6, 6.07) is 14.2. The zero-order valence-electron chi connectivity index (χ0n) is 15.1. The third-order valence-electron chi connectivity index (χ3n) is 5.48. The third-order valence-corrected chi connectivity index (χ3v) is 5.48. The Kier molecular flexibility index (Phi) is 4.45. The average Bonchev–Trinajstić information content (AvgIpc) is 3.30. The molecule has 5 nitrogen and oxygen atoms in total. The van der Waals surface area contributed by atoms with E-state index < -0.39 is 0 Å². The Bertz CT molecular complexity index is 924. The molecule has 2 aromatic heterocycles. The minimum Gasteiger partial charge on any atom is -0.355 e. The number of carbonyl (C=O) groups is 1. The molecule has 0 spiro atoms. The fourth-order valence-electron chi connectivity index (χ4n) is 4.09. The van der Waals surface area contributed by atoms with Crippen LogP contribution in [0.4, 0.5) is 0 Å². The first-order valence-corrected chi connectivity index (χ1v) is 9.33. The number of amides is 1. The predicted molar refractivity (Wildman–Crippen MR) is 101 cm³/mol. The van der Waals surface area contributed by atoms with E-state index in [0.717, 1.165) is 42.7 Å². The number of pyridine rings is 1. The average molecular weight is 348 g/mol. The van der Waals surface area contributed by atoms with E-state index in [0.29, 0.717) is 13.0 Å². The van der Waals surface area contributed by atoms with Gasteiger partial charge in [-0.2, -0.15) is 0 Å². The molecule has 2 heterocycles. The van der Waals surface area contributed by atoms with E-state index in [1.54, 1.807) is 0 Å². The highest BCUT2D eigenvalue weighted by molar-refractivity contribution is 5.88. The van der Waals surface area contributed by atoms with Crippen molar-refractivity contribution in [3.05, 3.63) is 65.6 Å². The largest absolute Gasteiger partial charge is 0.355 e. The number of aromatic nitrogens is 3. The second-order valence-corrected chi connectivity index (χ2v) is 7.21. The van der Waals surface area contributed by atoms with Crippen molar-refractivity contribution in [3.63, 3.8) is 0 Å². The van der Waals surface area contributed by atoms with Gasteiger partial charge >= 0.3 is 0 Å². The lowest BCUT2D eigenvalue weighted by Gasteiger charge is -2.28. The normalized spacial score (nSPS) is 16.0. The number of carbonyl (C=O) groups excluding carboxylic acids is 1. The monoisotopic (exact) mass is 348 g/mol. The van der Waals surface area contributed by atoms with Crippen molar-refractivity contribution in [3.8, 4) is 0 Å². The lowest BCUT2D eigenvalue weighted by Crippen LogP contribution is -2.43. The maximum atomic E-state index is 13.1. The summed E-state index contributed by atoms with van der Waals surface area (Å²) in [5, 5.41) is 11.6. The fourth-order valence-corrected chi connectivity index (χ4v) is 4.09. The van der Waals surface area contributed by atoms with Crippen LogP contribution in [0.5, 0.6) is 0 Å². The minimum absolute atomic E-state index is 0.148. The van der Waals surface area contributed by atoms with Crippen LogP contribution >= 0.6 is 0 Å². The zero-order chi connectivity index (χ0) is 18.0. The summed E-state index contributed by atoms with van der Waals surface area (Å²) >= 11 is 0. The van der Waals surface area contributed by atoms with E-state index >= 15 is 0 Å². The number of fused-ring (bicyclic) bond motifs is 1. The topological polar surface area (TPSA) is 59.3 Å². The van der Waals surface area contributed by atoms with Crippen molar-refractivity contribution in [2.75, 3.05) is 6.54 Å². The molecule has 0 unspecified atom stereocenters. The molecule has 4 rings (SSSR count). The van der Waals surface area contributed by atoms with Gasteiger partial charge in [-0.05, 0) is 37.5 Å².